The largest absolute Gasteiger partial charge is 0.384 e. The molecule has 96 valence electrons. The SMILES string of the molecule is C[C@](O)(Cc1cccc(CCN)c1F)C(F)F. The second-order valence-corrected chi connectivity index (χ2v) is 4.26. The van der Waals surface area contributed by atoms with Crippen LogP contribution in [-0.4, -0.2) is 23.7 Å². The van der Waals surface area contributed by atoms with E-state index in [1.807, 2.05) is 0 Å². The summed E-state index contributed by atoms with van der Waals surface area (Å²) < 4.78 is 38.8. The van der Waals surface area contributed by atoms with E-state index in [1.54, 1.807) is 12.1 Å². The zero-order valence-electron chi connectivity index (χ0n) is 9.59. The van der Waals surface area contributed by atoms with Crippen LogP contribution in [0.4, 0.5) is 13.2 Å². The minimum atomic E-state index is -2.92. The first kappa shape index (κ1) is 14.0. The molecule has 1 rings (SSSR count). The Hall–Kier alpha value is -1.07. The van der Waals surface area contributed by atoms with Gasteiger partial charge in [0.15, 0.2) is 0 Å². The highest BCUT2D eigenvalue weighted by atomic mass is 19.3. The maximum absolute atomic E-state index is 13.8. The molecule has 0 spiro atoms. The number of rotatable bonds is 5. The first-order valence-corrected chi connectivity index (χ1v) is 5.35. The molecule has 0 amide bonds. The Morgan fingerprint density at radius 3 is 2.47 bits per heavy atom. The van der Waals surface area contributed by atoms with Gasteiger partial charge in [-0.1, -0.05) is 18.2 Å². The fourth-order valence-corrected chi connectivity index (χ4v) is 1.58. The Balaban J connectivity index is 2.96. The van der Waals surface area contributed by atoms with Gasteiger partial charge < -0.3 is 10.8 Å². The lowest BCUT2D eigenvalue weighted by Crippen LogP contribution is -2.36. The summed E-state index contributed by atoms with van der Waals surface area (Å²) in [6, 6.07) is 4.53. The molecule has 0 heterocycles. The highest BCUT2D eigenvalue weighted by Gasteiger charge is 2.33. The molecule has 0 aromatic heterocycles. The summed E-state index contributed by atoms with van der Waals surface area (Å²) >= 11 is 0. The van der Waals surface area contributed by atoms with Crippen molar-refractivity contribution >= 4 is 0 Å². The van der Waals surface area contributed by atoms with Crippen molar-refractivity contribution in [3.05, 3.63) is 35.1 Å². The van der Waals surface area contributed by atoms with Crippen molar-refractivity contribution < 1.29 is 18.3 Å². The monoisotopic (exact) mass is 247 g/mol. The molecule has 17 heavy (non-hydrogen) atoms. The summed E-state index contributed by atoms with van der Waals surface area (Å²) in [5, 5.41) is 9.45. The molecule has 0 saturated carbocycles. The van der Waals surface area contributed by atoms with Crippen LogP contribution < -0.4 is 5.73 Å². The Labute approximate surface area is 98.3 Å². The number of aliphatic hydroxyl groups is 1. The normalized spacial score (nSPS) is 15.0. The minimum Gasteiger partial charge on any atom is -0.384 e. The van der Waals surface area contributed by atoms with Gasteiger partial charge in [0.25, 0.3) is 6.43 Å². The molecule has 0 fully saturated rings. The van der Waals surface area contributed by atoms with E-state index in [0.717, 1.165) is 6.92 Å². The van der Waals surface area contributed by atoms with Gasteiger partial charge in [0.05, 0.1) is 0 Å². The summed E-state index contributed by atoms with van der Waals surface area (Å²) in [5.41, 5.74) is 3.57. The van der Waals surface area contributed by atoms with Crippen molar-refractivity contribution in [3.8, 4) is 0 Å². The summed E-state index contributed by atoms with van der Waals surface area (Å²) in [4.78, 5) is 0. The quantitative estimate of drug-likeness (QED) is 0.834. The van der Waals surface area contributed by atoms with E-state index < -0.39 is 24.3 Å². The number of benzene rings is 1. The topological polar surface area (TPSA) is 46.2 Å². The molecule has 0 aliphatic carbocycles. The van der Waals surface area contributed by atoms with Crippen molar-refractivity contribution in [1.82, 2.24) is 0 Å². The first-order chi connectivity index (χ1) is 7.88. The standard InChI is InChI=1S/C12H16F3NO/c1-12(17,11(14)15)7-9-4-2-3-8(5-6-16)10(9)13/h2-4,11,17H,5-7,16H2,1H3/t12-/m0/s1. The van der Waals surface area contributed by atoms with Gasteiger partial charge >= 0.3 is 0 Å². The Morgan fingerprint density at radius 1 is 1.35 bits per heavy atom. The first-order valence-electron chi connectivity index (χ1n) is 5.35. The highest BCUT2D eigenvalue weighted by Crippen LogP contribution is 2.23. The van der Waals surface area contributed by atoms with Gasteiger partial charge in [-0.15, -0.1) is 0 Å². The van der Waals surface area contributed by atoms with Gasteiger partial charge in [0, 0.05) is 6.42 Å². The molecule has 1 aromatic carbocycles. The maximum Gasteiger partial charge on any atom is 0.266 e. The molecule has 0 radical (unpaired) electrons. The number of hydrogen-bond acceptors (Lipinski definition) is 2. The van der Waals surface area contributed by atoms with Crippen LogP contribution in [-0.2, 0) is 12.8 Å². The lowest BCUT2D eigenvalue weighted by molar-refractivity contribution is -0.0825. The smallest absolute Gasteiger partial charge is 0.266 e. The molecule has 3 N–H and O–H groups in total. The third kappa shape index (κ3) is 3.44. The summed E-state index contributed by atoms with van der Waals surface area (Å²) in [7, 11) is 0. The third-order valence-corrected chi connectivity index (χ3v) is 2.59. The molecular weight excluding hydrogens is 231 g/mol. The lowest BCUT2D eigenvalue weighted by Gasteiger charge is -2.22. The lowest BCUT2D eigenvalue weighted by atomic mass is 9.94. The van der Waals surface area contributed by atoms with Gasteiger partial charge in [-0.05, 0) is 31.0 Å². The average Bonchev–Trinajstić information content (AvgIpc) is 2.24. The van der Waals surface area contributed by atoms with Crippen LogP contribution in [0.1, 0.15) is 18.1 Å². The fraction of sp³-hybridized carbons (Fsp3) is 0.500. The van der Waals surface area contributed by atoms with Crippen LogP contribution in [0.25, 0.3) is 0 Å². The third-order valence-electron chi connectivity index (χ3n) is 2.59. The molecule has 0 aliphatic rings. The van der Waals surface area contributed by atoms with Crippen molar-refractivity contribution in [3.63, 3.8) is 0 Å². The molecule has 5 heteroatoms. The zero-order valence-corrected chi connectivity index (χ0v) is 9.59. The van der Waals surface area contributed by atoms with Crippen LogP contribution >= 0.6 is 0 Å². The predicted molar refractivity (Wildman–Crippen MR) is 59.5 cm³/mol. The van der Waals surface area contributed by atoms with Crippen LogP contribution in [0.3, 0.4) is 0 Å². The van der Waals surface area contributed by atoms with E-state index in [9.17, 15) is 18.3 Å². The van der Waals surface area contributed by atoms with E-state index in [4.69, 9.17) is 5.73 Å². The average molecular weight is 247 g/mol. The molecule has 0 saturated heterocycles. The Bertz CT molecular complexity index is 380. The number of alkyl halides is 2. The van der Waals surface area contributed by atoms with Crippen LogP contribution in [0, 0.1) is 5.82 Å². The van der Waals surface area contributed by atoms with Crippen LogP contribution in [0.15, 0.2) is 18.2 Å². The van der Waals surface area contributed by atoms with E-state index in [2.05, 4.69) is 0 Å². The molecule has 0 unspecified atom stereocenters. The number of halogens is 3. The van der Waals surface area contributed by atoms with Gasteiger partial charge in [-0.3, -0.25) is 0 Å². The van der Waals surface area contributed by atoms with Crippen molar-refractivity contribution in [2.45, 2.75) is 31.8 Å². The summed E-state index contributed by atoms with van der Waals surface area (Å²) in [6.45, 7) is 1.28. The minimum absolute atomic E-state index is 0.0845. The molecule has 0 aliphatic heterocycles. The molecule has 1 atom stereocenters. The predicted octanol–water partition coefficient (Wildman–Crippen LogP) is 1.89. The van der Waals surface area contributed by atoms with Gasteiger partial charge in [0.2, 0.25) is 0 Å². The van der Waals surface area contributed by atoms with Gasteiger partial charge in [-0.25, -0.2) is 13.2 Å². The molecule has 0 bridgehead atoms. The summed E-state index contributed by atoms with van der Waals surface area (Å²) in [6.07, 6.45) is -2.99. The van der Waals surface area contributed by atoms with Crippen LogP contribution in [0.2, 0.25) is 0 Å². The van der Waals surface area contributed by atoms with Gasteiger partial charge in [0.1, 0.15) is 11.4 Å². The fourth-order valence-electron chi connectivity index (χ4n) is 1.58. The van der Waals surface area contributed by atoms with Gasteiger partial charge in [-0.2, -0.15) is 0 Å². The molecule has 2 nitrogen and oxygen atoms in total. The Kier molecular flexibility index (Phi) is 4.54. The second-order valence-electron chi connectivity index (χ2n) is 4.26. The van der Waals surface area contributed by atoms with Crippen LogP contribution in [0.5, 0.6) is 0 Å². The van der Waals surface area contributed by atoms with Crippen molar-refractivity contribution in [2.24, 2.45) is 5.73 Å². The van der Waals surface area contributed by atoms with E-state index in [-0.39, 0.29) is 12.1 Å². The maximum atomic E-state index is 13.8. The van der Waals surface area contributed by atoms with Crippen molar-refractivity contribution in [2.75, 3.05) is 6.54 Å². The molecular formula is C12H16F3NO. The van der Waals surface area contributed by atoms with Crippen molar-refractivity contribution in [1.29, 1.82) is 0 Å². The number of nitrogens with two attached hydrogens (primary N) is 1. The summed E-state index contributed by atoms with van der Waals surface area (Å²) in [5.74, 6) is -0.557. The number of hydrogen-bond donors (Lipinski definition) is 2. The van der Waals surface area contributed by atoms with E-state index in [0.29, 0.717) is 12.0 Å². The van der Waals surface area contributed by atoms with E-state index >= 15 is 0 Å². The molecule has 1 aromatic rings. The Morgan fingerprint density at radius 2 is 1.94 bits per heavy atom. The second kappa shape index (κ2) is 5.51. The highest BCUT2D eigenvalue weighted by molar-refractivity contribution is 5.27. The van der Waals surface area contributed by atoms with E-state index in [1.165, 1.54) is 6.07 Å². The zero-order chi connectivity index (χ0) is 13.1.